The van der Waals surface area contributed by atoms with Gasteiger partial charge in [0.2, 0.25) is 10.0 Å². The summed E-state index contributed by atoms with van der Waals surface area (Å²) in [4.78, 5) is 12.8. The third kappa shape index (κ3) is 5.93. The average molecular weight is 527 g/mol. The number of carbonyl (C=O) groups is 1. The van der Waals surface area contributed by atoms with Crippen LogP contribution in [0.2, 0.25) is 0 Å². The summed E-state index contributed by atoms with van der Waals surface area (Å²) in [6.07, 6.45) is 3.16. The first-order valence-corrected chi connectivity index (χ1v) is 13.5. The van der Waals surface area contributed by atoms with Gasteiger partial charge in [-0.05, 0) is 85.0 Å². The molecule has 1 amide bonds. The third-order valence-corrected chi connectivity index (χ3v) is 8.21. The van der Waals surface area contributed by atoms with E-state index < -0.39 is 21.7 Å². The molecule has 1 N–H and O–H groups in total. The fourth-order valence-corrected chi connectivity index (χ4v) is 5.83. The molecule has 0 bridgehead atoms. The SMILES string of the molecule is O=C(COc1ccc2c(c1)CCC2)Nc1cc(S(=O)(=O)N2CCOCC2)ccc1Oc1ccc(F)cc1. The molecule has 8 nitrogen and oxygen atoms in total. The molecule has 0 radical (unpaired) electrons. The second-order valence-electron chi connectivity index (χ2n) is 8.85. The number of ether oxygens (including phenoxy) is 3. The Bertz CT molecular complexity index is 1390. The number of hydrogen-bond donors (Lipinski definition) is 1. The number of nitrogens with zero attached hydrogens (tertiary/aromatic N) is 1. The lowest BCUT2D eigenvalue weighted by Gasteiger charge is -2.26. The highest BCUT2D eigenvalue weighted by atomic mass is 32.2. The summed E-state index contributed by atoms with van der Waals surface area (Å²) in [5, 5.41) is 2.71. The van der Waals surface area contributed by atoms with Gasteiger partial charge in [-0.25, -0.2) is 12.8 Å². The molecule has 1 aliphatic heterocycles. The smallest absolute Gasteiger partial charge is 0.262 e. The van der Waals surface area contributed by atoms with E-state index in [-0.39, 0.29) is 36.0 Å². The van der Waals surface area contributed by atoms with Gasteiger partial charge >= 0.3 is 0 Å². The van der Waals surface area contributed by atoms with E-state index in [1.807, 2.05) is 18.2 Å². The molecule has 0 spiro atoms. The van der Waals surface area contributed by atoms with Crippen LogP contribution < -0.4 is 14.8 Å². The van der Waals surface area contributed by atoms with Gasteiger partial charge in [0, 0.05) is 13.1 Å². The van der Waals surface area contributed by atoms with Crippen LogP contribution in [0.25, 0.3) is 0 Å². The number of hydrogen-bond acceptors (Lipinski definition) is 6. The lowest BCUT2D eigenvalue weighted by molar-refractivity contribution is -0.118. The number of morpholine rings is 1. The normalized spacial score (nSPS) is 15.7. The zero-order valence-corrected chi connectivity index (χ0v) is 20.9. The van der Waals surface area contributed by atoms with Crippen molar-refractivity contribution in [1.82, 2.24) is 4.31 Å². The molecule has 0 atom stereocenters. The fraction of sp³-hybridized carbons (Fsp3) is 0.296. The molecule has 0 aromatic heterocycles. The number of fused-ring (bicyclic) bond motifs is 1. The summed E-state index contributed by atoms with van der Waals surface area (Å²) in [5.41, 5.74) is 2.69. The number of rotatable bonds is 8. The molecule has 1 fully saturated rings. The maximum Gasteiger partial charge on any atom is 0.262 e. The minimum absolute atomic E-state index is 0.00990. The Morgan fingerprint density at radius 1 is 0.946 bits per heavy atom. The van der Waals surface area contributed by atoms with Crippen LogP contribution in [-0.2, 0) is 32.4 Å². The molecule has 3 aromatic carbocycles. The van der Waals surface area contributed by atoms with Crippen LogP contribution in [0.3, 0.4) is 0 Å². The molecule has 1 heterocycles. The Morgan fingerprint density at radius 2 is 1.68 bits per heavy atom. The average Bonchev–Trinajstić information content (AvgIpc) is 3.38. The summed E-state index contributed by atoms with van der Waals surface area (Å²) < 4.78 is 57.8. The highest BCUT2D eigenvalue weighted by molar-refractivity contribution is 7.89. The van der Waals surface area contributed by atoms with E-state index in [9.17, 15) is 17.6 Å². The first-order valence-electron chi connectivity index (χ1n) is 12.1. The minimum atomic E-state index is -3.81. The standard InChI is InChI=1S/C27H27FN2O6S/c28-21-5-8-22(9-6-21)36-26-11-10-24(37(32,33)30-12-14-34-15-13-30)17-25(26)29-27(31)18-35-23-7-4-19-2-1-3-20(19)16-23/h4-11,16-17H,1-3,12-15,18H2,(H,29,31). The molecule has 37 heavy (non-hydrogen) atoms. The lowest BCUT2D eigenvalue weighted by Crippen LogP contribution is -2.40. The van der Waals surface area contributed by atoms with Gasteiger partial charge in [0.15, 0.2) is 12.4 Å². The van der Waals surface area contributed by atoms with Crippen LogP contribution in [0.1, 0.15) is 17.5 Å². The molecule has 0 unspecified atom stereocenters. The number of aryl methyl sites for hydroxylation is 2. The van der Waals surface area contributed by atoms with Crippen molar-refractivity contribution >= 4 is 21.6 Å². The first-order chi connectivity index (χ1) is 17.9. The van der Waals surface area contributed by atoms with Gasteiger partial charge in [-0.3, -0.25) is 4.79 Å². The number of amides is 1. The van der Waals surface area contributed by atoms with Crippen molar-refractivity contribution in [3.05, 3.63) is 77.6 Å². The van der Waals surface area contributed by atoms with Crippen LogP contribution in [0.5, 0.6) is 17.2 Å². The summed E-state index contributed by atoms with van der Waals surface area (Å²) in [6, 6.07) is 15.4. The third-order valence-electron chi connectivity index (χ3n) is 6.31. The maximum absolute atomic E-state index is 13.3. The zero-order chi connectivity index (χ0) is 25.8. The van der Waals surface area contributed by atoms with Gasteiger partial charge in [0.1, 0.15) is 17.3 Å². The number of carbonyl (C=O) groups excluding carboxylic acids is 1. The molecule has 0 saturated carbocycles. The van der Waals surface area contributed by atoms with Crippen LogP contribution >= 0.6 is 0 Å². The number of benzene rings is 3. The Kier molecular flexibility index (Phi) is 7.40. The van der Waals surface area contributed by atoms with Gasteiger partial charge in [-0.2, -0.15) is 4.31 Å². The van der Waals surface area contributed by atoms with E-state index in [1.54, 1.807) is 0 Å². The Labute approximate surface area is 215 Å². The predicted octanol–water partition coefficient (Wildman–Crippen LogP) is 4.15. The van der Waals surface area contributed by atoms with E-state index in [0.717, 1.165) is 19.3 Å². The van der Waals surface area contributed by atoms with E-state index in [2.05, 4.69) is 5.32 Å². The lowest BCUT2D eigenvalue weighted by atomic mass is 10.1. The van der Waals surface area contributed by atoms with Crippen molar-refractivity contribution in [3.63, 3.8) is 0 Å². The molecule has 2 aliphatic rings. The summed E-state index contributed by atoms with van der Waals surface area (Å²) in [7, 11) is -3.81. The van der Waals surface area contributed by atoms with Crippen molar-refractivity contribution in [2.45, 2.75) is 24.2 Å². The fourth-order valence-electron chi connectivity index (χ4n) is 4.40. The largest absolute Gasteiger partial charge is 0.484 e. The van der Waals surface area contributed by atoms with E-state index >= 15 is 0 Å². The zero-order valence-electron chi connectivity index (χ0n) is 20.1. The molecule has 1 aliphatic carbocycles. The quantitative estimate of drug-likeness (QED) is 0.474. The van der Waals surface area contributed by atoms with Crippen LogP contribution in [0.4, 0.5) is 10.1 Å². The van der Waals surface area contributed by atoms with E-state index in [0.29, 0.717) is 24.7 Å². The monoisotopic (exact) mass is 526 g/mol. The minimum Gasteiger partial charge on any atom is -0.484 e. The number of halogens is 1. The predicted molar refractivity (Wildman–Crippen MR) is 135 cm³/mol. The Hall–Kier alpha value is -3.47. The van der Waals surface area contributed by atoms with Gasteiger partial charge < -0.3 is 19.5 Å². The van der Waals surface area contributed by atoms with Crippen molar-refractivity contribution in [3.8, 4) is 17.2 Å². The molecular formula is C27H27FN2O6S. The van der Waals surface area contributed by atoms with Crippen molar-refractivity contribution in [1.29, 1.82) is 0 Å². The highest BCUT2D eigenvalue weighted by Crippen LogP contribution is 2.33. The van der Waals surface area contributed by atoms with E-state index in [1.165, 1.54) is 57.9 Å². The van der Waals surface area contributed by atoms with Crippen LogP contribution in [-0.4, -0.2) is 51.5 Å². The number of sulfonamides is 1. The molecule has 3 aromatic rings. The second-order valence-corrected chi connectivity index (χ2v) is 10.8. The first kappa shape index (κ1) is 25.2. The molecule has 1 saturated heterocycles. The maximum atomic E-state index is 13.3. The van der Waals surface area contributed by atoms with Gasteiger partial charge in [0.25, 0.3) is 5.91 Å². The number of anilines is 1. The summed E-state index contributed by atoms with van der Waals surface area (Å²) in [6.45, 7) is 0.845. The summed E-state index contributed by atoms with van der Waals surface area (Å²) in [5.74, 6) is 0.234. The molecular weight excluding hydrogens is 499 g/mol. The van der Waals surface area contributed by atoms with Crippen LogP contribution in [0.15, 0.2) is 65.6 Å². The van der Waals surface area contributed by atoms with Gasteiger partial charge in [-0.1, -0.05) is 6.07 Å². The van der Waals surface area contributed by atoms with Gasteiger partial charge in [-0.15, -0.1) is 0 Å². The molecule has 10 heteroatoms. The van der Waals surface area contributed by atoms with Crippen molar-refractivity contribution in [2.24, 2.45) is 0 Å². The Balaban J connectivity index is 1.36. The number of nitrogens with one attached hydrogen (secondary N) is 1. The van der Waals surface area contributed by atoms with Crippen LogP contribution in [0, 0.1) is 5.82 Å². The van der Waals surface area contributed by atoms with Gasteiger partial charge in [0.05, 0.1) is 23.8 Å². The summed E-state index contributed by atoms with van der Waals surface area (Å²) >= 11 is 0. The second kappa shape index (κ2) is 10.9. The Morgan fingerprint density at radius 3 is 2.46 bits per heavy atom. The molecule has 194 valence electrons. The topological polar surface area (TPSA) is 94.2 Å². The van der Waals surface area contributed by atoms with E-state index in [4.69, 9.17) is 14.2 Å². The molecule has 5 rings (SSSR count). The van der Waals surface area contributed by atoms with Crippen molar-refractivity contribution in [2.75, 3.05) is 38.2 Å². The highest BCUT2D eigenvalue weighted by Gasteiger charge is 2.27. The van der Waals surface area contributed by atoms with Crippen molar-refractivity contribution < 1.29 is 31.8 Å².